The van der Waals surface area contributed by atoms with Gasteiger partial charge in [-0.1, -0.05) is 13.0 Å². The first-order chi connectivity index (χ1) is 15.4. The lowest BCUT2D eigenvalue weighted by molar-refractivity contribution is 0.0848. The van der Waals surface area contributed by atoms with Crippen molar-refractivity contribution in [2.45, 2.75) is 31.1 Å². The molecule has 170 valence electrons. The van der Waals surface area contributed by atoms with Gasteiger partial charge < -0.3 is 9.64 Å². The number of halogens is 1. The molecule has 6 nitrogen and oxygen atoms in total. The van der Waals surface area contributed by atoms with Crippen LogP contribution in [0.1, 0.15) is 42.1 Å². The zero-order valence-electron chi connectivity index (χ0n) is 18.3. The van der Waals surface area contributed by atoms with Crippen LogP contribution in [0.25, 0.3) is 6.08 Å². The van der Waals surface area contributed by atoms with Crippen molar-refractivity contribution >= 4 is 21.9 Å². The highest BCUT2D eigenvalue weighted by Crippen LogP contribution is 2.38. The van der Waals surface area contributed by atoms with Gasteiger partial charge in [0.1, 0.15) is 17.4 Å². The molecule has 32 heavy (non-hydrogen) atoms. The van der Waals surface area contributed by atoms with Gasteiger partial charge in [0, 0.05) is 36.7 Å². The molecule has 8 heteroatoms. The van der Waals surface area contributed by atoms with Crippen molar-refractivity contribution in [2.24, 2.45) is 5.92 Å². The molecule has 2 aliphatic rings. The lowest BCUT2D eigenvalue weighted by atomic mass is 9.89. The summed E-state index contributed by atoms with van der Waals surface area (Å²) in [7, 11) is -2.18. The molecule has 2 heterocycles. The number of hydrogen-bond acceptors (Lipinski definition) is 5. The number of rotatable bonds is 6. The first-order valence-electron chi connectivity index (χ1n) is 10.8. The van der Waals surface area contributed by atoms with E-state index in [1.54, 1.807) is 18.2 Å². The zero-order valence-corrected chi connectivity index (χ0v) is 19.1. The van der Waals surface area contributed by atoms with Crippen LogP contribution >= 0.6 is 0 Å². The van der Waals surface area contributed by atoms with Gasteiger partial charge in [-0.2, -0.15) is 0 Å². The van der Waals surface area contributed by atoms with Crippen molar-refractivity contribution in [3.8, 4) is 5.75 Å². The number of hydrogen-bond donors (Lipinski definition) is 0. The lowest BCUT2D eigenvalue weighted by Crippen LogP contribution is -2.45. The average Bonchev–Trinajstić information content (AvgIpc) is 2.80. The number of ether oxygens (including phenoxy) is 1. The predicted molar refractivity (Wildman–Crippen MR) is 120 cm³/mol. The molecule has 0 amide bonds. The van der Waals surface area contributed by atoms with Crippen LogP contribution in [0.5, 0.6) is 5.75 Å². The minimum absolute atomic E-state index is 0.00678. The third-order valence-corrected chi connectivity index (χ3v) is 7.95. The predicted octanol–water partition coefficient (Wildman–Crippen LogP) is 4.14. The number of ketones is 1. The summed E-state index contributed by atoms with van der Waals surface area (Å²) in [5.74, 6) is 0.609. The number of fused-ring (bicyclic) bond motifs is 1. The molecule has 0 unspecified atom stereocenters. The second kappa shape index (κ2) is 8.94. The Morgan fingerprint density at radius 1 is 1.12 bits per heavy atom. The Balaban J connectivity index is 1.60. The highest BCUT2D eigenvalue weighted by molar-refractivity contribution is 7.89. The van der Waals surface area contributed by atoms with E-state index in [0.29, 0.717) is 61.6 Å². The molecule has 2 aliphatic heterocycles. The van der Waals surface area contributed by atoms with Gasteiger partial charge in [-0.15, -0.1) is 0 Å². The Kier molecular flexibility index (Phi) is 6.24. The summed E-state index contributed by atoms with van der Waals surface area (Å²) in [6.07, 6.45) is 3.76. The van der Waals surface area contributed by atoms with Crippen LogP contribution in [0.15, 0.2) is 53.2 Å². The molecule has 0 saturated carbocycles. The van der Waals surface area contributed by atoms with Crippen LogP contribution < -0.4 is 4.74 Å². The van der Waals surface area contributed by atoms with E-state index >= 15 is 0 Å². The number of nitrogens with zero attached hydrogens (tertiary/aromatic N) is 2. The van der Waals surface area contributed by atoms with Gasteiger partial charge >= 0.3 is 0 Å². The maximum absolute atomic E-state index is 13.4. The zero-order chi connectivity index (χ0) is 22.9. The molecule has 0 aromatic heterocycles. The molecular formula is C24H27FN2O4S. The van der Waals surface area contributed by atoms with Gasteiger partial charge in [0.15, 0.2) is 5.78 Å². The van der Waals surface area contributed by atoms with E-state index in [2.05, 4.69) is 0 Å². The second-order valence-corrected chi connectivity index (χ2v) is 9.91. The number of piperidine rings is 1. The summed E-state index contributed by atoms with van der Waals surface area (Å²) in [4.78, 5) is 15.1. The van der Waals surface area contributed by atoms with Gasteiger partial charge in [-0.25, -0.2) is 12.8 Å². The first kappa shape index (κ1) is 22.3. The fourth-order valence-corrected chi connectivity index (χ4v) is 6.18. The Morgan fingerprint density at radius 3 is 2.44 bits per heavy atom. The van der Waals surface area contributed by atoms with Crippen LogP contribution in [0, 0.1) is 11.7 Å². The Labute approximate surface area is 188 Å². The molecule has 2 aromatic carbocycles. The van der Waals surface area contributed by atoms with Crippen molar-refractivity contribution in [2.75, 3.05) is 26.7 Å². The largest absolute Gasteiger partial charge is 0.496 e. The normalized spacial score (nSPS) is 18.2. The summed E-state index contributed by atoms with van der Waals surface area (Å²) < 4.78 is 46.9. The van der Waals surface area contributed by atoms with Crippen molar-refractivity contribution in [1.29, 1.82) is 0 Å². The molecule has 1 saturated heterocycles. The summed E-state index contributed by atoms with van der Waals surface area (Å²) in [5, 5.41) is 0. The van der Waals surface area contributed by atoms with Crippen LogP contribution in [-0.4, -0.2) is 50.2 Å². The molecule has 0 radical (unpaired) electrons. The van der Waals surface area contributed by atoms with E-state index in [9.17, 15) is 17.6 Å². The van der Waals surface area contributed by atoms with Gasteiger partial charge in [-0.3, -0.25) is 9.10 Å². The highest BCUT2D eigenvalue weighted by Gasteiger charge is 2.37. The van der Waals surface area contributed by atoms with Crippen molar-refractivity contribution in [3.63, 3.8) is 0 Å². The van der Waals surface area contributed by atoms with Crippen LogP contribution in [0.4, 0.5) is 4.39 Å². The number of benzene rings is 2. The van der Waals surface area contributed by atoms with Crippen molar-refractivity contribution in [1.82, 2.24) is 9.21 Å². The number of likely N-dealkylation sites (tertiary alicyclic amines) is 1. The van der Waals surface area contributed by atoms with E-state index < -0.39 is 10.0 Å². The van der Waals surface area contributed by atoms with Gasteiger partial charge in [0.05, 0.1) is 12.0 Å². The minimum atomic E-state index is -3.71. The van der Waals surface area contributed by atoms with E-state index in [-0.39, 0.29) is 22.4 Å². The molecular weight excluding hydrogens is 431 g/mol. The standard InChI is InChI=1S/C24H27FN2O4S/c1-3-13-27-23(16-20-21(31-2)5-4-6-22(20)32(27,29)30)26-14-11-18(12-15-26)24(28)17-7-9-19(25)10-8-17/h4-10,16,18H,3,11-15H2,1-2H3. The van der Waals surface area contributed by atoms with E-state index in [0.717, 1.165) is 0 Å². The Hall–Kier alpha value is -2.87. The fourth-order valence-electron chi connectivity index (χ4n) is 4.42. The Bertz CT molecular complexity index is 1140. The molecule has 2 aromatic rings. The van der Waals surface area contributed by atoms with Gasteiger partial charge in [0.2, 0.25) is 0 Å². The molecule has 0 aliphatic carbocycles. The molecule has 0 N–H and O–H groups in total. The third kappa shape index (κ3) is 3.99. The van der Waals surface area contributed by atoms with Crippen LogP contribution in [0.2, 0.25) is 0 Å². The maximum atomic E-state index is 13.4. The average molecular weight is 459 g/mol. The Morgan fingerprint density at radius 2 is 1.81 bits per heavy atom. The van der Waals surface area contributed by atoms with Crippen molar-refractivity contribution in [3.05, 3.63) is 65.2 Å². The first-order valence-corrected chi connectivity index (χ1v) is 12.3. The number of carbonyl (C=O) groups is 1. The number of carbonyl (C=O) groups excluding carboxylic acids is 1. The maximum Gasteiger partial charge on any atom is 0.266 e. The number of sulfonamides is 1. The second-order valence-electron chi connectivity index (χ2n) is 8.08. The van der Waals surface area contributed by atoms with Crippen LogP contribution in [0.3, 0.4) is 0 Å². The molecule has 4 rings (SSSR count). The summed E-state index contributed by atoms with van der Waals surface area (Å²) in [6.45, 7) is 3.44. The van der Waals surface area contributed by atoms with E-state index in [4.69, 9.17) is 4.74 Å². The van der Waals surface area contributed by atoms with Gasteiger partial charge in [0.25, 0.3) is 10.0 Å². The van der Waals surface area contributed by atoms with E-state index in [1.807, 2.05) is 17.9 Å². The molecule has 1 fully saturated rings. The SMILES string of the molecule is CCCN1C(N2CCC(C(=O)c3ccc(F)cc3)CC2)=Cc2c(OC)cccc2S1(=O)=O. The summed E-state index contributed by atoms with van der Waals surface area (Å²) in [6, 6.07) is 10.7. The molecule has 0 spiro atoms. The molecule has 0 bridgehead atoms. The fraction of sp³-hybridized carbons (Fsp3) is 0.375. The number of Topliss-reactive ketones (excluding diaryl/α,β-unsaturated/α-hetero) is 1. The topological polar surface area (TPSA) is 66.9 Å². The van der Waals surface area contributed by atoms with Crippen molar-refractivity contribution < 1.29 is 22.3 Å². The minimum Gasteiger partial charge on any atom is -0.496 e. The monoisotopic (exact) mass is 458 g/mol. The number of methoxy groups -OCH3 is 1. The lowest BCUT2D eigenvalue weighted by Gasteiger charge is -2.41. The third-order valence-electron chi connectivity index (χ3n) is 6.09. The highest BCUT2D eigenvalue weighted by atomic mass is 32.2. The van der Waals surface area contributed by atoms with E-state index in [1.165, 1.54) is 35.7 Å². The van der Waals surface area contributed by atoms with Crippen LogP contribution in [-0.2, 0) is 10.0 Å². The smallest absolute Gasteiger partial charge is 0.266 e. The summed E-state index contributed by atoms with van der Waals surface area (Å²) in [5.41, 5.74) is 1.07. The summed E-state index contributed by atoms with van der Waals surface area (Å²) >= 11 is 0. The van der Waals surface area contributed by atoms with Gasteiger partial charge in [-0.05, 0) is 61.7 Å². The molecule has 0 atom stereocenters. The quantitative estimate of drug-likeness (QED) is 0.609.